The zero-order valence-corrected chi connectivity index (χ0v) is 12.4. The van der Waals surface area contributed by atoms with Crippen LogP contribution in [0.5, 0.6) is 0 Å². The number of benzene rings is 1. The first-order chi connectivity index (χ1) is 8.99. The van der Waals surface area contributed by atoms with Crippen LogP contribution >= 0.6 is 11.8 Å². The number of Topliss-reactive ketones (excluding diaryl/α,β-unsaturated/α-hetero) is 1. The lowest BCUT2D eigenvalue weighted by atomic mass is 9.99. The summed E-state index contributed by atoms with van der Waals surface area (Å²) >= 11 is 1.42. The molecule has 100 valence electrons. The summed E-state index contributed by atoms with van der Waals surface area (Å²) < 4.78 is 1.81. The number of ketones is 1. The maximum atomic E-state index is 12.3. The molecule has 4 nitrogen and oxygen atoms in total. The molecule has 1 aromatic carbocycles. The quantitative estimate of drug-likeness (QED) is 0.636. The Bertz CT molecular complexity index is 619. The lowest BCUT2D eigenvalue weighted by Crippen LogP contribution is -2.07. The fourth-order valence-corrected chi connectivity index (χ4v) is 2.64. The standard InChI is InChI=1S/C14H17N3OS/c1-9-5-11(3)12(6-10(9)2)13(18)7-19-14-16-15-8-17(14)4/h5-6,8H,7H2,1-4H3. The summed E-state index contributed by atoms with van der Waals surface area (Å²) in [6.45, 7) is 6.07. The molecule has 0 aliphatic carbocycles. The molecule has 19 heavy (non-hydrogen) atoms. The van der Waals surface area contributed by atoms with Gasteiger partial charge in [0.25, 0.3) is 0 Å². The predicted octanol–water partition coefficient (Wildman–Crippen LogP) is 2.72. The van der Waals surface area contributed by atoms with E-state index >= 15 is 0 Å². The Morgan fingerprint density at radius 2 is 1.89 bits per heavy atom. The molecule has 2 rings (SSSR count). The zero-order valence-electron chi connectivity index (χ0n) is 11.6. The van der Waals surface area contributed by atoms with Gasteiger partial charge in [-0.1, -0.05) is 17.8 Å². The highest BCUT2D eigenvalue weighted by Crippen LogP contribution is 2.20. The molecule has 0 amide bonds. The normalized spacial score (nSPS) is 10.7. The van der Waals surface area contributed by atoms with Gasteiger partial charge in [0.2, 0.25) is 0 Å². The number of hydrogen-bond donors (Lipinski definition) is 0. The van der Waals surface area contributed by atoms with Gasteiger partial charge < -0.3 is 4.57 Å². The molecule has 0 bridgehead atoms. The molecule has 1 heterocycles. The van der Waals surface area contributed by atoms with Crippen molar-refractivity contribution in [2.45, 2.75) is 25.9 Å². The van der Waals surface area contributed by atoms with Crippen LogP contribution in [0.25, 0.3) is 0 Å². The number of aryl methyl sites for hydroxylation is 4. The summed E-state index contributed by atoms with van der Waals surface area (Å²) in [5.74, 6) is 0.518. The van der Waals surface area contributed by atoms with Crippen molar-refractivity contribution < 1.29 is 4.79 Å². The van der Waals surface area contributed by atoms with Gasteiger partial charge in [-0.05, 0) is 43.5 Å². The van der Waals surface area contributed by atoms with Crippen molar-refractivity contribution >= 4 is 17.5 Å². The smallest absolute Gasteiger partial charge is 0.191 e. The first kappa shape index (κ1) is 13.8. The van der Waals surface area contributed by atoms with Gasteiger partial charge in [0.15, 0.2) is 10.9 Å². The minimum atomic E-state index is 0.133. The highest BCUT2D eigenvalue weighted by molar-refractivity contribution is 7.99. The van der Waals surface area contributed by atoms with Gasteiger partial charge in [-0.2, -0.15) is 0 Å². The van der Waals surface area contributed by atoms with Gasteiger partial charge in [0, 0.05) is 12.6 Å². The van der Waals surface area contributed by atoms with E-state index in [9.17, 15) is 4.79 Å². The molecule has 0 saturated carbocycles. The van der Waals surface area contributed by atoms with Crippen molar-refractivity contribution in [2.24, 2.45) is 7.05 Å². The van der Waals surface area contributed by atoms with Gasteiger partial charge in [-0.25, -0.2) is 0 Å². The molecular weight excluding hydrogens is 258 g/mol. The fourth-order valence-electron chi connectivity index (χ4n) is 1.87. The Kier molecular flexibility index (Phi) is 4.04. The molecule has 0 aliphatic heterocycles. The Morgan fingerprint density at radius 1 is 1.21 bits per heavy atom. The molecule has 0 N–H and O–H groups in total. The average Bonchev–Trinajstić information content (AvgIpc) is 2.76. The Hall–Kier alpha value is -1.62. The van der Waals surface area contributed by atoms with E-state index in [0.29, 0.717) is 5.75 Å². The van der Waals surface area contributed by atoms with E-state index in [2.05, 4.69) is 23.2 Å². The van der Waals surface area contributed by atoms with Crippen LogP contribution in [0.2, 0.25) is 0 Å². The molecule has 0 radical (unpaired) electrons. The van der Waals surface area contributed by atoms with Crippen molar-refractivity contribution in [3.05, 3.63) is 40.7 Å². The van der Waals surface area contributed by atoms with Gasteiger partial charge in [0.05, 0.1) is 5.75 Å². The van der Waals surface area contributed by atoms with Gasteiger partial charge >= 0.3 is 0 Å². The van der Waals surface area contributed by atoms with E-state index in [4.69, 9.17) is 0 Å². The largest absolute Gasteiger partial charge is 0.312 e. The minimum Gasteiger partial charge on any atom is -0.312 e. The number of carbonyl (C=O) groups excluding carboxylic acids is 1. The van der Waals surface area contributed by atoms with Crippen LogP contribution in [0, 0.1) is 20.8 Å². The second kappa shape index (κ2) is 5.57. The first-order valence-electron chi connectivity index (χ1n) is 6.07. The fraction of sp³-hybridized carbons (Fsp3) is 0.357. The minimum absolute atomic E-state index is 0.133. The molecule has 0 aliphatic rings. The number of nitrogens with zero attached hydrogens (tertiary/aromatic N) is 3. The van der Waals surface area contributed by atoms with Crippen LogP contribution < -0.4 is 0 Å². The monoisotopic (exact) mass is 275 g/mol. The van der Waals surface area contributed by atoms with E-state index < -0.39 is 0 Å². The maximum Gasteiger partial charge on any atom is 0.191 e. The summed E-state index contributed by atoms with van der Waals surface area (Å²) in [6, 6.07) is 4.04. The van der Waals surface area contributed by atoms with Gasteiger partial charge in [-0.15, -0.1) is 10.2 Å². The summed E-state index contributed by atoms with van der Waals surface area (Å²) in [4.78, 5) is 12.3. The van der Waals surface area contributed by atoms with Crippen LogP contribution in [0.4, 0.5) is 0 Å². The van der Waals surface area contributed by atoms with E-state index in [1.54, 1.807) is 6.33 Å². The Morgan fingerprint density at radius 3 is 2.53 bits per heavy atom. The lowest BCUT2D eigenvalue weighted by molar-refractivity contribution is 0.102. The second-order valence-corrected chi connectivity index (χ2v) is 5.63. The van der Waals surface area contributed by atoms with Crippen LogP contribution in [-0.2, 0) is 7.05 Å². The zero-order chi connectivity index (χ0) is 14.0. The molecule has 0 atom stereocenters. The third kappa shape index (κ3) is 3.04. The summed E-state index contributed by atoms with van der Waals surface area (Å²) in [6.07, 6.45) is 1.63. The van der Waals surface area contributed by atoms with Crippen molar-refractivity contribution in [2.75, 3.05) is 5.75 Å². The first-order valence-corrected chi connectivity index (χ1v) is 7.05. The summed E-state index contributed by atoms with van der Waals surface area (Å²) in [7, 11) is 1.87. The average molecular weight is 275 g/mol. The van der Waals surface area contributed by atoms with Crippen molar-refractivity contribution in [3.8, 4) is 0 Å². The van der Waals surface area contributed by atoms with E-state index in [-0.39, 0.29) is 5.78 Å². The van der Waals surface area contributed by atoms with Crippen LogP contribution in [0.1, 0.15) is 27.0 Å². The summed E-state index contributed by atoms with van der Waals surface area (Å²) in [5, 5.41) is 8.51. The number of thioether (sulfide) groups is 1. The number of aromatic nitrogens is 3. The molecule has 0 fully saturated rings. The number of rotatable bonds is 4. The van der Waals surface area contributed by atoms with Crippen molar-refractivity contribution in [1.29, 1.82) is 0 Å². The van der Waals surface area contributed by atoms with Gasteiger partial charge in [0.1, 0.15) is 6.33 Å². The predicted molar refractivity (Wildman–Crippen MR) is 76.7 cm³/mol. The third-order valence-corrected chi connectivity index (χ3v) is 4.18. The molecular formula is C14H17N3OS. The molecule has 0 saturated heterocycles. The highest BCUT2D eigenvalue weighted by Gasteiger charge is 2.12. The van der Waals surface area contributed by atoms with E-state index in [1.807, 2.05) is 31.5 Å². The van der Waals surface area contributed by atoms with E-state index in [1.165, 1.54) is 17.3 Å². The van der Waals surface area contributed by atoms with Crippen LogP contribution in [-0.4, -0.2) is 26.3 Å². The molecule has 2 aromatic rings. The molecule has 1 aromatic heterocycles. The van der Waals surface area contributed by atoms with Crippen LogP contribution in [0.15, 0.2) is 23.6 Å². The van der Waals surface area contributed by atoms with Crippen LogP contribution in [0.3, 0.4) is 0 Å². The Labute approximate surface area is 117 Å². The SMILES string of the molecule is Cc1cc(C)c(C(=O)CSc2nncn2C)cc1C. The van der Waals surface area contributed by atoms with Crippen molar-refractivity contribution in [1.82, 2.24) is 14.8 Å². The topological polar surface area (TPSA) is 47.8 Å². The van der Waals surface area contributed by atoms with Crippen molar-refractivity contribution in [3.63, 3.8) is 0 Å². The highest BCUT2D eigenvalue weighted by atomic mass is 32.2. The van der Waals surface area contributed by atoms with Gasteiger partial charge in [-0.3, -0.25) is 4.79 Å². The Balaban J connectivity index is 2.12. The number of hydrogen-bond acceptors (Lipinski definition) is 4. The summed E-state index contributed by atoms with van der Waals surface area (Å²) in [5.41, 5.74) is 4.21. The third-order valence-electron chi connectivity index (χ3n) is 3.14. The lowest BCUT2D eigenvalue weighted by Gasteiger charge is -2.08. The second-order valence-electron chi connectivity index (χ2n) is 4.69. The number of carbonyl (C=O) groups is 1. The molecule has 0 spiro atoms. The van der Waals surface area contributed by atoms with E-state index in [0.717, 1.165) is 21.8 Å². The molecule has 5 heteroatoms. The molecule has 0 unspecified atom stereocenters. The maximum absolute atomic E-state index is 12.3.